The van der Waals surface area contributed by atoms with Crippen molar-refractivity contribution in [2.75, 3.05) is 11.9 Å². The van der Waals surface area contributed by atoms with Gasteiger partial charge in [-0.1, -0.05) is 0 Å². The van der Waals surface area contributed by atoms with E-state index in [-0.39, 0.29) is 18.0 Å². The quantitative estimate of drug-likeness (QED) is 0.510. The molecule has 29 heavy (non-hydrogen) atoms. The Hall–Kier alpha value is -3.59. The number of anilines is 1. The van der Waals surface area contributed by atoms with Gasteiger partial charge in [0.2, 0.25) is 5.91 Å². The molecular formula is C20H16N4O4S. The third-order valence-electron chi connectivity index (χ3n) is 4.22. The molecular weight excluding hydrogens is 392 g/mol. The number of carbonyl (C=O) groups excluding carboxylic acids is 2. The van der Waals surface area contributed by atoms with E-state index >= 15 is 0 Å². The highest BCUT2D eigenvalue weighted by Crippen LogP contribution is 2.27. The largest absolute Gasteiger partial charge is 0.462 e. The van der Waals surface area contributed by atoms with Gasteiger partial charge in [-0.05, 0) is 43.3 Å². The number of hydrogen-bond donors (Lipinski definition) is 1. The van der Waals surface area contributed by atoms with E-state index in [1.54, 1.807) is 43.5 Å². The molecule has 1 aromatic carbocycles. The molecule has 1 N–H and O–H groups in total. The Bertz CT molecular complexity index is 1280. The van der Waals surface area contributed by atoms with Crippen LogP contribution < -0.4 is 10.9 Å². The summed E-state index contributed by atoms with van der Waals surface area (Å²) in [5, 5.41) is 3.53. The van der Waals surface area contributed by atoms with Crippen molar-refractivity contribution in [2.45, 2.75) is 13.5 Å². The summed E-state index contributed by atoms with van der Waals surface area (Å²) in [7, 11) is 0. The lowest BCUT2D eigenvalue weighted by Crippen LogP contribution is -2.27. The number of aromatic nitrogens is 3. The van der Waals surface area contributed by atoms with Gasteiger partial charge in [0.25, 0.3) is 5.56 Å². The summed E-state index contributed by atoms with van der Waals surface area (Å²) in [5.74, 6) is -0.800. The molecule has 0 fully saturated rings. The number of fused-ring (bicyclic) bond motifs is 3. The van der Waals surface area contributed by atoms with Crippen molar-refractivity contribution in [1.82, 2.24) is 14.5 Å². The van der Waals surface area contributed by atoms with E-state index in [1.807, 2.05) is 6.07 Å². The zero-order chi connectivity index (χ0) is 20.4. The Kier molecular flexibility index (Phi) is 5.05. The van der Waals surface area contributed by atoms with Crippen molar-refractivity contribution < 1.29 is 14.3 Å². The minimum Gasteiger partial charge on any atom is -0.462 e. The topological polar surface area (TPSA) is 103 Å². The fourth-order valence-corrected chi connectivity index (χ4v) is 3.92. The highest BCUT2D eigenvalue weighted by Gasteiger charge is 2.14. The van der Waals surface area contributed by atoms with E-state index in [0.717, 1.165) is 10.2 Å². The van der Waals surface area contributed by atoms with Crippen molar-refractivity contribution in [2.24, 2.45) is 0 Å². The predicted molar refractivity (Wildman–Crippen MR) is 110 cm³/mol. The Balaban J connectivity index is 1.52. The highest BCUT2D eigenvalue weighted by atomic mass is 32.1. The minimum atomic E-state index is -0.422. The van der Waals surface area contributed by atoms with Crippen LogP contribution in [0, 0.1) is 0 Å². The van der Waals surface area contributed by atoms with E-state index in [1.165, 1.54) is 22.2 Å². The standard InChI is InChI=1S/C20H16N4O4S/c1-2-28-20(27)12-5-7-13(8-6-12)23-15(25)10-24-11-22-16-14-4-3-9-21-18(14)29-17(16)19(24)26/h3-9,11H,2,10H2,1H3,(H,23,25). The fraction of sp³-hybridized carbons (Fsp3) is 0.150. The fourth-order valence-electron chi connectivity index (χ4n) is 2.88. The molecule has 8 nitrogen and oxygen atoms in total. The third kappa shape index (κ3) is 3.72. The van der Waals surface area contributed by atoms with Gasteiger partial charge in [-0.25, -0.2) is 14.8 Å². The van der Waals surface area contributed by atoms with E-state index in [2.05, 4.69) is 15.3 Å². The first kappa shape index (κ1) is 18.8. The molecule has 9 heteroatoms. The molecule has 0 saturated heterocycles. The van der Waals surface area contributed by atoms with Crippen LogP contribution in [0.25, 0.3) is 20.4 Å². The molecule has 0 spiro atoms. The molecule has 0 atom stereocenters. The predicted octanol–water partition coefficient (Wildman–Crippen LogP) is 2.82. The molecule has 3 heterocycles. The molecule has 4 aromatic rings. The molecule has 0 unspecified atom stereocenters. The third-order valence-corrected chi connectivity index (χ3v) is 5.31. The zero-order valence-corrected chi connectivity index (χ0v) is 16.2. The average molecular weight is 408 g/mol. The highest BCUT2D eigenvalue weighted by molar-refractivity contribution is 7.25. The summed E-state index contributed by atoms with van der Waals surface area (Å²) in [6, 6.07) is 10.0. The number of amides is 1. The maximum Gasteiger partial charge on any atom is 0.338 e. The lowest BCUT2D eigenvalue weighted by Gasteiger charge is -2.08. The van der Waals surface area contributed by atoms with Crippen LogP contribution in [0.5, 0.6) is 0 Å². The SMILES string of the molecule is CCOC(=O)c1ccc(NC(=O)Cn2cnc3c(sc4ncccc43)c2=O)cc1. The number of pyridine rings is 1. The van der Waals surface area contributed by atoms with Crippen molar-refractivity contribution >= 4 is 49.3 Å². The minimum absolute atomic E-state index is 0.178. The van der Waals surface area contributed by atoms with Crippen molar-refractivity contribution in [3.05, 3.63) is 64.8 Å². The van der Waals surface area contributed by atoms with Crippen molar-refractivity contribution in [1.29, 1.82) is 0 Å². The van der Waals surface area contributed by atoms with Gasteiger partial charge in [-0.15, -0.1) is 11.3 Å². The van der Waals surface area contributed by atoms with Crippen LogP contribution in [0.1, 0.15) is 17.3 Å². The van der Waals surface area contributed by atoms with E-state index in [9.17, 15) is 14.4 Å². The molecule has 0 aliphatic rings. The lowest BCUT2D eigenvalue weighted by molar-refractivity contribution is -0.116. The second-order valence-corrected chi connectivity index (χ2v) is 7.16. The Morgan fingerprint density at radius 3 is 2.72 bits per heavy atom. The van der Waals surface area contributed by atoms with E-state index in [0.29, 0.717) is 28.1 Å². The van der Waals surface area contributed by atoms with Crippen LogP contribution in [0.2, 0.25) is 0 Å². The molecule has 1 amide bonds. The number of ether oxygens (including phenoxy) is 1. The second kappa shape index (κ2) is 7.80. The van der Waals surface area contributed by atoms with Gasteiger partial charge in [0.15, 0.2) is 0 Å². The van der Waals surface area contributed by atoms with Crippen LogP contribution >= 0.6 is 11.3 Å². The number of esters is 1. The number of benzene rings is 1. The monoisotopic (exact) mass is 408 g/mol. The van der Waals surface area contributed by atoms with E-state index in [4.69, 9.17) is 4.74 Å². The van der Waals surface area contributed by atoms with Gasteiger partial charge in [-0.2, -0.15) is 0 Å². The average Bonchev–Trinajstić information content (AvgIpc) is 3.10. The Morgan fingerprint density at radius 1 is 1.17 bits per heavy atom. The van der Waals surface area contributed by atoms with Gasteiger partial charge in [-0.3, -0.25) is 14.2 Å². The van der Waals surface area contributed by atoms with Gasteiger partial charge in [0.05, 0.1) is 24.0 Å². The lowest BCUT2D eigenvalue weighted by atomic mass is 10.2. The summed E-state index contributed by atoms with van der Waals surface area (Å²) >= 11 is 1.26. The van der Waals surface area contributed by atoms with Crippen LogP contribution in [0.15, 0.2) is 53.7 Å². The first-order chi connectivity index (χ1) is 14.1. The molecule has 0 radical (unpaired) electrons. The summed E-state index contributed by atoms with van der Waals surface area (Å²) < 4.78 is 6.65. The molecule has 0 aliphatic carbocycles. The Morgan fingerprint density at radius 2 is 1.97 bits per heavy atom. The van der Waals surface area contributed by atoms with Crippen LogP contribution in [0.4, 0.5) is 5.69 Å². The number of carbonyl (C=O) groups is 2. The molecule has 0 saturated carbocycles. The molecule has 4 rings (SSSR count). The Labute approximate surface area is 168 Å². The van der Waals surface area contributed by atoms with Gasteiger partial charge >= 0.3 is 5.97 Å². The number of hydrogen-bond acceptors (Lipinski definition) is 7. The maximum absolute atomic E-state index is 12.7. The summed E-state index contributed by atoms with van der Waals surface area (Å²) in [6.45, 7) is 1.85. The smallest absolute Gasteiger partial charge is 0.338 e. The number of nitrogens with one attached hydrogen (secondary N) is 1. The van der Waals surface area contributed by atoms with Gasteiger partial charge < -0.3 is 10.1 Å². The van der Waals surface area contributed by atoms with Crippen LogP contribution in [-0.4, -0.2) is 33.0 Å². The summed E-state index contributed by atoms with van der Waals surface area (Å²) in [5.41, 5.74) is 1.21. The summed E-state index contributed by atoms with van der Waals surface area (Å²) in [4.78, 5) is 46.1. The number of thiophene rings is 1. The van der Waals surface area contributed by atoms with E-state index < -0.39 is 5.97 Å². The maximum atomic E-state index is 12.7. The van der Waals surface area contributed by atoms with Gasteiger partial charge in [0.1, 0.15) is 16.1 Å². The molecule has 0 bridgehead atoms. The second-order valence-electron chi connectivity index (χ2n) is 6.16. The van der Waals surface area contributed by atoms with Gasteiger partial charge in [0, 0.05) is 17.3 Å². The van der Waals surface area contributed by atoms with Crippen molar-refractivity contribution in [3.63, 3.8) is 0 Å². The normalized spacial score (nSPS) is 10.9. The number of rotatable bonds is 5. The molecule has 0 aliphatic heterocycles. The first-order valence-electron chi connectivity index (χ1n) is 8.86. The number of nitrogens with zero attached hydrogens (tertiary/aromatic N) is 3. The van der Waals surface area contributed by atoms with Crippen molar-refractivity contribution in [3.8, 4) is 0 Å². The molecule has 3 aromatic heterocycles. The summed E-state index contributed by atoms with van der Waals surface area (Å²) in [6.07, 6.45) is 3.03. The molecule has 146 valence electrons. The van der Waals surface area contributed by atoms with Crippen LogP contribution in [-0.2, 0) is 16.1 Å². The van der Waals surface area contributed by atoms with Crippen LogP contribution in [0.3, 0.4) is 0 Å². The zero-order valence-electron chi connectivity index (χ0n) is 15.4. The first-order valence-corrected chi connectivity index (χ1v) is 9.68.